The molecule has 1 aliphatic rings. The number of benzene rings is 2. The molecule has 3 aromatic rings. The molecular weight excluding hydrogens is 478 g/mol. The van der Waals surface area contributed by atoms with Gasteiger partial charge in [-0.05, 0) is 44.0 Å². The van der Waals surface area contributed by atoms with Gasteiger partial charge in [-0.3, -0.25) is 9.59 Å². The number of carbonyl (C=O) groups excluding carboxylic acids is 2. The van der Waals surface area contributed by atoms with Gasteiger partial charge in [0.2, 0.25) is 5.91 Å². The normalized spacial score (nSPS) is 14.0. The summed E-state index contributed by atoms with van der Waals surface area (Å²) in [7, 11) is 0. The highest BCUT2D eigenvalue weighted by Crippen LogP contribution is 2.30. The van der Waals surface area contributed by atoms with Crippen LogP contribution in [-0.2, 0) is 11.2 Å². The summed E-state index contributed by atoms with van der Waals surface area (Å²) in [5.41, 5.74) is 3.00. The number of nitrogens with one attached hydrogen (secondary N) is 1. The van der Waals surface area contributed by atoms with E-state index in [9.17, 15) is 18.4 Å². The number of hydrogen-bond acceptors (Lipinski definition) is 5. The van der Waals surface area contributed by atoms with Gasteiger partial charge in [-0.2, -0.15) is 5.48 Å². The Morgan fingerprint density at radius 1 is 1.14 bits per heavy atom. The van der Waals surface area contributed by atoms with Crippen molar-refractivity contribution in [1.82, 2.24) is 20.3 Å². The monoisotopic (exact) mass is 500 g/mol. The van der Waals surface area contributed by atoms with E-state index in [1.54, 1.807) is 36.1 Å². The fourth-order valence-electron chi connectivity index (χ4n) is 4.03. The van der Waals surface area contributed by atoms with E-state index in [1.807, 2.05) is 0 Å². The summed E-state index contributed by atoms with van der Waals surface area (Å²) in [6.07, 6.45) is 2.19. The number of rotatable bonds is 6. The summed E-state index contributed by atoms with van der Waals surface area (Å²) in [5, 5.41) is 0.468. The highest BCUT2D eigenvalue weighted by atomic mass is 35.5. The summed E-state index contributed by atoms with van der Waals surface area (Å²) >= 11 is 5.94. The number of aryl methyl sites for hydroxylation is 1. The van der Waals surface area contributed by atoms with E-state index < -0.39 is 17.5 Å². The van der Waals surface area contributed by atoms with Gasteiger partial charge in [-0.15, -0.1) is 0 Å². The van der Waals surface area contributed by atoms with Crippen molar-refractivity contribution in [2.45, 2.75) is 32.1 Å². The minimum atomic E-state index is -0.736. The number of carbonyl (C=O) groups is 2. The molecule has 0 unspecified atom stereocenters. The van der Waals surface area contributed by atoms with Gasteiger partial charge in [0.1, 0.15) is 17.5 Å². The second kappa shape index (κ2) is 10.8. The van der Waals surface area contributed by atoms with Crippen LogP contribution in [0.2, 0.25) is 5.02 Å². The van der Waals surface area contributed by atoms with Gasteiger partial charge < -0.3 is 9.74 Å². The third-order valence-electron chi connectivity index (χ3n) is 5.87. The Morgan fingerprint density at radius 3 is 2.51 bits per heavy atom. The number of amides is 2. The first-order chi connectivity index (χ1) is 16.8. The third-order valence-corrected chi connectivity index (χ3v) is 6.10. The van der Waals surface area contributed by atoms with Crippen molar-refractivity contribution in [1.29, 1.82) is 0 Å². The molecule has 0 atom stereocenters. The molecule has 0 saturated carbocycles. The molecule has 7 nitrogen and oxygen atoms in total. The van der Waals surface area contributed by atoms with Crippen molar-refractivity contribution in [3.8, 4) is 5.75 Å². The quantitative estimate of drug-likeness (QED) is 0.507. The molecule has 2 aromatic carbocycles. The first kappa shape index (κ1) is 24.5. The molecule has 1 saturated heterocycles. The number of hydroxylamine groups is 1. The molecule has 0 bridgehead atoms. The Balaban J connectivity index is 1.41. The minimum absolute atomic E-state index is 0.0992. The Labute approximate surface area is 206 Å². The zero-order valence-electron chi connectivity index (χ0n) is 18.9. The summed E-state index contributed by atoms with van der Waals surface area (Å²) in [5.74, 6) is -1.54. The van der Waals surface area contributed by atoms with Gasteiger partial charge >= 0.3 is 0 Å². The van der Waals surface area contributed by atoms with Crippen LogP contribution < -0.4 is 10.3 Å². The maximum absolute atomic E-state index is 13.9. The maximum Gasteiger partial charge on any atom is 0.287 e. The van der Waals surface area contributed by atoms with E-state index in [0.717, 1.165) is 12.1 Å². The average Bonchev–Trinajstić information content (AvgIpc) is 2.85. The van der Waals surface area contributed by atoms with Crippen molar-refractivity contribution in [3.63, 3.8) is 0 Å². The SMILES string of the molecule is Cc1ncc(C(=O)NOc2cccc(Cl)c2)c(C2CCN(C(=O)Cc3c(F)cccc3F)CC2)n1. The second-order valence-electron chi connectivity index (χ2n) is 8.24. The van der Waals surface area contributed by atoms with Crippen molar-refractivity contribution >= 4 is 23.4 Å². The van der Waals surface area contributed by atoms with Gasteiger partial charge in [-0.1, -0.05) is 23.7 Å². The Morgan fingerprint density at radius 2 is 1.83 bits per heavy atom. The lowest BCUT2D eigenvalue weighted by molar-refractivity contribution is -0.131. The van der Waals surface area contributed by atoms with Gasteiger partial charge in [0.25, 0.3) is 5.91 Å². The third kappa shape index (κ3) is 5.92. The minimum Gasteiger partial charge on any atom is -0.379 e. The lowest BCUT2D eigenvalue weighted by atomic mass is 9.90. The van der Waals surface area contributed by atoms with Crippen LogP contribution in [0.4, 0.5) is 8.78 Å². The zero-order valence-corrected chi connectivity index (χ0v) is 19.7. The fraction of sp³-hybridized carbons (Fsp3) is 0.280. The number of piperidine rings is 1. The molecule has 2 amide bonds. The van der Waals surface area contributed by atoms with Crippen molar-refractivity contribution in [2.75, 3.05) is 13.1 Å². The zero-order chi connectivity index (χ0) is 24.9. The lowest BCUT2D eigenvalue weighted by Gasteiger charge is -2.32. The van der Waals surface area contributed by atoms with Crippen LogP contribution >= 0.6 is 11.6 Å². The molecule has 1 fully saturated rings. The first-order valence-corrected chi connectivity index (χ1v) is 11.5. The first-order valence-electron chi connectivity index (χ1n) is 11.1. The van der Waals surface area contributed by atoms with E-state index in [1.165, 1.54) is 12.3 Å². The molecule has 1 aromatic heterocycles. The predicted molar refractivity (Wildman–Crippen MR) is 125 cm³/mol. The molecule has 10 heteroatoms. The summed E-state index contributed by atoms with van der Waals surface area (Å²) < 4.78 is 27.9. The van der Waals surface area contributed by atoms with E-state index in [0.29, 0.717) is 48.2 Å². The van der Waals surface area contributed by atoms with Crippen molar-refractivity contribution in [2.24, 2.45) is 0 Å². The van der Waals surface area contributed by atoms with E-state index in [4.69, 9.17) is 16.4 Å². The van der Waals surface area contributed by atoms with Gasteiger partial charge in [-0.25, -0.2) is 18.7 Å². The predicted octanol–water partition coefficient (Wildman–Crippen LogP) is 4.39. The van der Waals surface area contributed by atoms with Crippen molar-refractivity contribution < 1.29 is 23.2 Å². The smallest absolute Gasteiger partial charge is 0.287 e. The van der Waals surface area contributed by atoms with Crippen LogP contribution in [0.15, 0.2) is 48.7 Å². The number of aromatic nitrogens is 2. The van der Waals surface area contributed by atoms with Gasteiger partial charge in [0.05, 0.1) is 17.7 Å². The van der Waals surface area contributed by atoms with Crippen LogP contribution in [0.25, 0.3) is 0 Å². The molecule has 1 aliphatic heterocycles. The van der Waals surface area contributed by atoms with Gasteiger partial charge in [0.15, 0.2) is 5.75 Å². The molecule has 35 heavy (non-hydrogen) atoms. The molecule has 4 rings (SSSR count). The highest BCUT2D eigenvalue weighted by molar-refractivity contribution is 6.30. The molecule has 2 heterocycles. The largest absolute Gasteiger partial charge is 0.379 e. The molecule has 0 radical (unpaired) electrons. The van der Waals surface area contributed by atoms with Crippen LogP contribution in [0, 0.1) is 18.6 Å². The van der Waals surface area contributed by atoms with E-state index in [-0.39, 0.29) is 29.4 Å². The fourth-order valence-corrected chi connectivity index (χ4v) is 4.21. The summed E-state index contributed by atoms with van der Waals surface area (Å²) in [6, 6.07) is 10.1. The number of halogens is 3. The topological polar surface area (TPSA) is 84.4 Å². The molecule has 0 aliphatic carbocycles. The Bertz CT molecular complexity index is 1230. The van der Waals surface area contributed by atoms with Crippen LogP contribution in [-0.4, -0.2) is 39.8 Å². The maximum atomic E-state index is 13.9. The van der Waals surface area contributed by atoms with Crippen LogP contribution in [0.5, 0.6) is 5.75 Å². The van der Waals surface area contributed by atoms with Crippen LogP contribution in [0.1, 0.15) is 46.2 Å². The standard InChI is InChI=1S/C25H23ClF2N4O3/c1-15-29-14-20(25(34)31-35-18-5-2-4-17(26)12-18)24(30-15)16-8-10-32(11-9-16)23(33)13-19-21(27)6-3-7-22(19)28/h2-7,12,14,16H,8-11,13H2,1H3,(H,31,34). The van der Waals surface area contributed by atoms with Gasteiger partial charge in [0, 0.05) is 41.9 Å². The molecule has 0 spiro atoms. The number of nitrogens with zero attached hydrogens (tertiary/aromatic N) is 3. The molecular formula is C25H23ClF2N4O3. The lowest BCUT2D eigenvalue weighted by Crippen LogP contribution is -2.39. The second-order valence-corrected chi connectivity index (χ2v) is 8.68. The molecule has 182 valence electrons. The highest BCUT2D eigenvalue weighted by Gasteiger charge is 2.29. The Hall–Kier alpha value is -3.59. The average molecular weight is 501 g/mol. The summed E-state index contributed by atoms with van der Waals surface area (Å²) in [4.78, 5) is 41.1. The molecule has 1 N–H and O–H groups in total. The van der Waals surface area contributed by atoms with E-state index >= 15 is 0 Å². The Kier molecular flexibility index (Phi) is 7.55. The summed E-state index contributed by atoms with van der Waals surface area (Å²) in [6.45, 7) is 2.49. The van der Waals surface area contributed by atoms with Crippen LogP contribution in [0.3, 0.4) is 0 Å². The van der Waals surface area contributed by atoms with Crippen molar-refractivity contribution in [3.05, 3.63) is 88.0 Å². The van der Waals surface area contributed by atoms with E-state index in [2.05, 4.69) is 15.4 Å². The number of likely N-dealkylation sites (tertiary alicyclic amines) is 1. The number of hydrogen-bond donors (Lipinski definition) is 1.